The van der Waals surface area contributed by atoms with Crippen LogP contribution in [0.5, 0.6) is 0 Å². The van der Waals surface area contributed by atoms with Crippen molar-refractivity contribution in [3.63, 3.8) is 0 Å². The van der Waals surface area contributed by atoms with Crippen LogP contribution in [0.4, 0.5) is 5.69 Å². The van der Waals surface area contributed by atoms with Crippen molar-refractivity contribution >= 4 is 33.9 Å². The van der Waals surface area contributed by atoms with E-state index < -0.39 is 17.7 Å². The maximum absolute atomic E-state index is 13.3. The molecule has 5 heteroatoms. The molecule has 0 bridgehead atoms. The molecule has 1 atom stereocenters. The fourth-order valence-corrected chi connectivity index (χ4v) is 4.41. The van der Waals surface area contributed by atoms with Crippen LogP contribution in [0.1, 0.15) is 42.7 Å². The van der Waals surface area contributed by atoms with Crippen molar-refractivity contribution in [2.24, 2.45) is 0 Å². The number of Topliss-reactive ketones (excluding diaryl/α,β-unsaturated/α-hetero) is 1. The number of furan rings is 1. The molecule has 5 rings (SSSR count). The largest absolute Gasteiger partial charge is 0.507 e. The fourth-order valence-electron chi connectivity index (χ4n) is 4.41. The first-order chi connectivity index (χ1) is 16.0. The Labute approximate surface area is 191 Å². The summed E-state index contributed by atoms with van der Waals surface area (Å²) in [6, 6.07) is 23.2. The van der Waals surface area contributed by atoms with Crippen molar-refractivity contribution < 1.29 is 19.1 Å². The van der Waals surface area contributed by atoms with Gasteiger partial charge in [-0.2, -0.15) is 0 Å². The highest BCUT2D eigenvalue weighted by atomic mass is 16.3. The van der Waals surface area contributed by atoms with Gasteiger partial charge in [0.1, 0.15) is 17.6 Å². The summed E-state index contributed by atoms with van der Waals surface area (Å²) in [5.41, 5.74) is 2.21. The second-order valence-electron chi connectivity index (χ2n) is 8.46. The number of carbonyl (C=O) groups excluding carboxylic acids is 2. The van der Waals surface area contributed by atoms with E-state index in [1.165, 1.54) is 11.2 Å². The Morgan fingerprint density at radius 2 is 1.64 bits per heavy atom. The fraction of sp³-hybridized carbons (Fsp3) is 0.143. The highest BCUT2D eigenvalue weighted by molar-refractivity contribution is 6.51. The molecule has 1 fully saturated rings. The van der Waals surface area contributed by atoms with E-state index in [1.54, 1.807) is 18.2 Å². The highest BCUT2D eigenvalue weighted by Crippen LogP contribution is 2.43. The molecule has 1 N–H and O–H groups in total. The van der Waals surface area contributed by atoms with Crippen LogP contribution >= 0.6 is 0 Å². The molecular weight excluding hydrogens is 414 g/mol. The third kappa shape index (κ3) is 3.42. The Morgan fingerprint density at radius 1 is 0.909 bits per heavy atom. The predicted octanol–water partition coefficient (Wildman–Crippen LogP) is 6.18. The predicted molar refractivity (Wildman–Crippen MR) is 128 cm³/mol. The van der Waals surface area contributed by atoms with Gasteiger partial charge in [-0.25, -0.2) is 0 Å². The van der Waals surface area contributed by atoms with Gasteiger partial charge in [0.05, 0.1) is 11.8 Å². The number of amides is 1. The molecule has 0 aliphatic carbocycles. The zero-order chi connectivity index (χ0) is 23.1. The lowest BCUT2D eigenvalue weighted by atomic mass is 9.96. The summed E-state index contributed by atoms with van der Waals surface area (Å²) in [7, 11) is 0. The molecule has 1 aliphatic rings. The van der Waals surface area contributed by atoms with E-state index in [9.17, 15) is 14.7 Å². The molecule has 0 spiro atoms. The van der Waals surface area contributed by atoms with E-state index in [1.807, 2.05) is 60.7 Å². The molecule has 4 aromatic rings. The minimum atomic E-state index is -0.871. The lowest BCUT2D eigenvalue weighted by Crippen LogP contribution is -2.29. The van der Waals surface area contributed by atoms with Crippen LogP contribution in [-0.4, -0.2) is 16.8 Å². The monoisotopic (exact) mass is 437 g/mol. The smallest absolute Gasteiger partial charge is 0.300 e. The number of nitrogens with zero attached hydrogens (tertiary/aromatic N) is 1. The number of ketones is 1. The van der Waals surface area contributed by atoms with Gasteiger partial charge in [0.25, 0.3) is 11.7 Å². The average molecular weight is 437 g/mol. The molecule has 1 aromatic heterocycles. The molecule has 0 saturated carbocycles. The minimum Gasteiger partial charge on any atom is -0.507 e. The maximum atomic E-state index is 13.3. The van der Waals surface area contributed by atoms with Crippen molar-refractivity contribution in [1.82, 2.24) is 0 Å². The van der Waals surface area contributed by atoms with Crippen LogP contribution in [0, 0.1) is 0 Å². The molecule has 1 aliphatic heterocycles. The number of aliphatic hydroxyl groups excluding tert-OH is 1. The van der Waals surface area contributed by atoms with Crippen molar-refractivity contribution in [3.8, 4) is 0 Å². The van der Waals surface area contributed by atoms with E-state index in [-0.39, 0.29) is 11.3 Å². The van der Waals surface area contributed by atoms with Gasteiger partial charge >= 0.3 is 0 Å². The zero-order valence-corrected chi connectivity index (χ0v) is 18.4. The number of anilines is 1. The molecule has 1 amide bonds. The lowest BCUT2D eigenvalue weighted by molar-refractivity contribution is -0.132. The van der Waals surface area contributed by atoms with Gasteiger partial charge in [0.2, 0.25) is 0 Å². The van der Waals surface area contributed by atoms with Crippen molar-refractivity contribution in [2.45, 2.75) is 25.8 Å². The van der Waals surface area contributed by atoms with E-state index in [0.29, 0.717) is 22.9 Å². The summed E-state index contributed by atoms with van der Waals surface area (Å²) in [4.78, 5) is 27.9. The summed E-state index contributed by atoms with van der Waals surface area (Å²) in [5.74, 6) is -0.913. The summed E-state index contributed by atoms with van der Waals surface area (Å²) >= 11 is 0. The van der Waals surface area contributed by atoms with Crippen molar-refractivity contribution in [3.05, 3.63) is 108 Å². The van der Waals surface area contributed by atoms with Crippen LogP contribution in [0.2, 0.25) is 0 Å². The molecule has 0 radical (unpaired) electrons. The Kier molecular flexibility index (Phi) is 5.09. The summed E-state index contributed by atoms with van der Waals surface area (Å²) in [5, 5.41) is 13.1. The second kappa shape index (κ2) is 8.10. The van der Waals surface area contributed by atoms with E-state index in [4.69, 9.17) is 4.42 Å². The number of benzene rings is 3. The topological polar surface area (TPSA) is 70.8 Å². The highest BCUT2D eigenvalue weighted by Gasteiger charge is 2.48. The zero-order valence-electron chi connectivity index (χ0n) is 18.4. The minimum absolute atomic E-state index is 0.0132. The third-order valence-electron chi connectivity index (χ3n) is 6.14. The van der Waals surface area contributed by atoms with Crippen LogP contribution in [0.3, 0.4) is 0 Å². The Hall–Kier alpha value is -4.12. The van der Waals surface area contributed by atoms with Gasteiger partial charge in [-0.15, -0.1) is 0 Å². The first kappa shape index (κ1) is 20.8. The average Bonchev–Trinajstić information content (AvgIpc) is 3.45. The quantitative estimate of drug-likeness (QED) is 0.235. The van der Waals surface area contributed by atoms with Gasteiger partial charge < -0.3 is 9.52 Å². The maximum Gasteiger partial charge on any atom is 0.300 e. The standard InChI is InChI=1S/C28H23NO4/c1-17(2)18-12-14-20(15-13-18)29-25(23-11-6-16-33-23)24(27(31)28(29)32)26(30)22-10-5-8-19-7-3-4-9-21(19)22/h3-17,25,30H,1-2H3/b26-24-. The normalized spacial score (nSPS) is 17.9. The van der Waals surface area contributed by atoms with Gasteiger partial charge in [0, 0.05) is 11.3 Å². The third-order valence-corrected chi connectivity index (χ3v) is 6.14. The molecule has 33 heavy (non-hydrogen) atoms. The SMILES string of the molecule is CC(C)c1ccc(N2C(=O)C(=O)/C(=C(\O)c3cccc4ccccc34)C2c2ccco2)cc1. The van der Waals surface area contributed by atoms with E-state index >= 15 is 0 Å². The van der Waals surface area contributed by atoms with Crippen molar-refractivity contribution in [1.29, 1.82) is 0 Å². The number of hydrogen-bond acceptors (Lipinski definition) is 4. The first-order valence-electron chi connectivity index (χ1n) is 10.9. The van der Waals surface area contributed by atoms with Gasteiger partial charge in [-0.05, 0) is 46.5 Å². The number of rotatable bonds is 4. The van der Waals surface area contributed by atoms with Crippen LogP contribution in [0.25, 0.3) is 16.5 Å². The van der Waals surface area contributed by atoms with Gasteiger partial charge in [-0.1, -0.05) is 68.4 Å². The molecular formula is C28H23NO4. The summed E-state index contributed by atoms with van der Waals surface area (Å²) in [6.45, 7) is 4.18. The lowest BCUT2D eigenvalue weighted by Gasteiger charge is -2.24. The molecule has 1 saturated heterocycles. The summed E-state index contributed by atoms with van der Waals surface area (Å²) in [6.07, 6.45) is 1.50. The number of carbonyl (C=O) groups is 2. The molecule has 1 unspecified atom stereocenters. The molecule has 164 valence electrons. The molecule has 3 aromatic carbocycles. The Bertz CT molecular complexity index is 1380. The van der Waals surface area contributed by atoms with Crippen LogP contribution < -0.4 is 4.90 Å². The van der Waals surface area contributed by atoms with E-state index in [0.717, 1.165) is 16.3 Å². The molecule has 5 nitrogen and oxygen atoms in total. The number of hydrogen-bond donors (Lipinski definition) is 1. The second-order valence-corrected chi connectivity index (χ2v) is 8.46. The Morgan fingerprint density at radius 3 is 2.33 bits per heavy atom. The van der Waals surface area contributed by atoms with Crippen molar-refractivity contribution in [2.75, 3.05) is 4.90 Å². The van der Waals surface area contributed by atoms with E-state index in [2.05, 4.69) is 13.8 Å². The molecule has 2 heterocycles. The van der Waals surface area contributed by atoms with Gasteiger partial charge in [-0.3, -0.25) is 14.5 Å². The number of aliphatic hydroxyl groups is 1. The summed E-state index contributed by atoms with van der Waals surface area (Å²) < 4.78 is 5.64. The van der Waals surface area contributed by atoms with Gasteiger partial charge in [0.15, 0.2) is 0 Å². The Balaban J connectivity index is 1.71. The van der Waals surface area contributed by atoms with Crippen LogP contribution in [0.15, 0.2) is 95.1 Å². The number of fused-ring (bicyclic) bond motifs is 1. The van der Waals surface area contributed by atoms with Crippen LogP contribution in [-0.2, 0) is 9.59 Å². The first-order valence-corrected chi connectivity index (χ1v) is 10.9.